The highest BCUT2D eigenvalue weighted by molar-refractivity contribution is 7.92. The zero-order chi connectivity index (χ0) is 21.3. The summed E-state index contributed by atoms with van der Waals surface area (Å²) in [6.07, 6.45) is 0.688. The molecule has 4 rings (SSSR count). The van der Waals surface area contributed by atoms with Crippen molar-refractivity contribution in [3.8, 4) is 0 Å². The number of amides is 1. The number of hydrogen-bond donors (Lipinski definition) is 0. The Labute approximate surface area is 175 Å². The fraction of sp³-hybridized carbons (Fsp3) is 0.174. The van der Waals surface area contributed by atoms with E-state index in [4.69, 9.17) is 0 Å². The van der Waals surface area contributed by atoms with Gasteiger partial charge in [0.15, 0.2) is 0 Å². The first-order valence-electron chi connectivity index (χ1n) is 9.62. The van der Waals surface area contributed by atoms with Crippen molar-refractivity contribution in [2.45, 2.75) is 24.3 Å². The molecule has 0 bridgehead atoms. The van der Waals surface area contributed by atoms with E-state index in [-0.39, 0.29) is 16.6 Å². The average Bonchev–Trinajstić information content (AvgIpc) is 3.09. The molecule has 1 heterocycles. The van der Waals surface area contributed by atoms with Gasteiger partial charge < -0.3 is 4.90 Å². The number of anilines is 2. The van der Waals surface area contributed by atoms with Gasteiger partial charge in [-0.05, 0) is 49.2 Å². The van der Waals surface area contributed by atoms with E-state index in [2.05, 4.69) is 0 Å². The molecule has 1 aliphatic rings. The van der Waals surface area contributed by atoms with Crippen LogP contribution in [0.25, 0.3) is 0 Å². The molecule has 1 aliphatic heterocycles. The summed E-state index contributed by atoms with van der Waals surface area (Å²) in [7, 11) is -4.15. The summed E-state index contributed by atoms with van der Waals surface area (Å²) < 4.78 is 42.2. The van der Waals surface area contributed by atoms with Crippen molar-refractivity contribution < 1.29 is 17.6 Å². The minimum absolute atomic E-state index is 0.00377. The summed E-state index contributed by atoms with van der Waals surface area (Å²) in [5.74, 6) is -1.12. The molecular weight excluding hydrogens is 403 g/mol. The average molecular weight is 424 g/mol. The number of hydrogen-bond acceptors (Lipinski definition) is 3. The van der Waals surface area contributed by atoms with Crippen LogP contribution in [0.5, 0.6) is 0 Å². The van der Waals surface area contributed by atoms with E-state index < -0.39 is 28.3 Å². The van der Waals surface area contributed by atoms with Crippen LogP contribution in [-0.4, -0.2) is 26.9 Å². The van der Waals surface area contributed by atoms with E-state index in [0.29, 0.717) is 6.42 Å². The van der Waals surface area contributed by atoms with Crippen LogP contribution in [0.3, 0.4) is 0 Å². The molecule has 154 valence electrons. The molecule has 0 saturated carbocycles. The Morgan fingerprint density at radius 2 is 1.63 bits per heavy atom. The van der Waals surface area contributed by atoms with Crippen molar-refractivity contribution in [3.63, 3.8) is 0 Å². The monoisotopic (exact) mass is 424 g/mol. The number of rotatable bonds is 5. The molecule has 0 spiro atoms. The van der Waals surface area contributed by atoms with Gasteiger partial charge >= 0.3 is 0 Å². The van der Waals surface area contributed by atoms with Crippen molar-refractivity contribution in [1.29, 1.82) is 0 Å². The lowest BCUT2D eigenvalue weighted by Gasteiger charge is -2.29. The van der Waals surface area contributed by atoms with E-state index in [9.17, 15) is 17.6 Å². The largest absolute Gasteiger partial charge is 0.307 e. The molecule has 0 radical (unpaired) electrons. The highest BCUT2D eigenvalue weighted by atomic mass is 32.2. The van der Waals surface area contributed by atoms with Crippen LogP contribution >= 0.6 is 0 Å². The third-order valence-corrected chi connectivity index (χ3v) is 6.98. The summed E-state index contributed by atoms with van der Waals surface area (Å²) in [6.45, 7) is 1.41. The predicted octanol–water partition coefficient (Wildman–Crippen LogP) is 4.00. The zero-order valence-corrected chi connectivity index (χ0v) is 17.2. The second kappa shape index (κ2) is 7.91. The minimum Gasteiger partial charge on any atom is -0.307 e. The number of nitrogens with zero attached hydrogens (tertiary/aromatic N) is 2. The predicted molar refractivity (Wildman–Crippen MR) is 114 cm³/mol. The van der Waals surface area contributed by atoms with E-state index >= 15 is 0 Å². The smallest absolute Gasteiger partial charge is 0.264 e. The van der Waals surface area contributed by atoms with Crippen LogP contribution in [0.15, 0.2) is 83.8 Å². The maximum atomic E-state index is 14.6. The SMILES string of the molecule is C[C@H]1Cc2ccccc2N1C(=O)CN(c1ccccc1F)S(=O)(=O)c1ccccc1. The number of sulfonamides is 1. The molecule has 0 aromatic heterocycles. The summed E-state index contributed by atoms with van der Waals surface area (Å²) in [5, 5.41) is 0. The van der Waals surface area contributed by atoms with Crippen molar-refractivity contribution >= 4 is 27.3 Å². The van der Waals surface area contributed by atoms with Gasteiger partial charge in [0.2, 0.25) is 5.91 Å². The Morgan fingerprint density at radius 1 is 1.00 bits per heavy atom. The first kappa shape index (κ1) is 20.1. The standard InChI is InChI=1S/C23H21FN2O3S/c1-17-15-18-9-5-7-13-21(18)26(17)23(27)16-25(22-14-8-6-12-20(22)24)30(28,29)19-10-3-2-4-11-19/h2-14,17H,15-16H2,1H3/t17-/m0/s1. The lowest BCUT2D eigenvalue weighted by Crippen LogP contribution is -2.45. The number of para-hydroxylation sites is 2. The molecule has 0 unspecified atom stereocenters. The molecule has 0 saturated heterocycles. The Bertz CT molecular complexity index is 1180. The third kappa shape index (κ3) is 3.57. The highest BCUT2D eigenvalue weighted by Gasteiger charge is 2.35. The van der Waals surface area contributed by atoms with Crippen LogP contribution < -0.4 is 9.21 Å². The van der Waals surface area contributed by atoms with E-state index in [1.807, 2.05) is 31.2 Å². The molecular formula is C23H21FN2O3S. The van der Waals surface area contributed by atoms with Crippen LogP contribution in [0.1, 0.15) is 12.5 Å². The second-order valence-electron chi connectivity index (χ2n) is 7.22. The molecule has 5 nitrogen and oxygen atoms in total. The molecule has 30 heavy (non-hydrogen) atoms. The normalized spacial score (nSPS) is 15.7. The zero-order valence-electron chi connectivity index (χ0n) is 16.4. The van der Waals surface area contributed by atoms with Gasteiger partial charge in [-0.1, -0.05) is 48.5 Å². The van der Waals surface area contributed by atoms with Gasteiger partial charge in [0, 0.05) is 11.7 Å². The van der Waals surface area contributed by atoms with E-state index in [1.54, 1.807) is 29.2 Å². The maximum Gasteiger partial charge on any atom is 0.264 e. The van der Waals surface area contributed by atoms with Gasteiger partial charge in [-0.3, -0.25) is 9.10 Å². The van der Waals surface area contributed by atoms with Crippen LogP contribution in [-0.2, 0) is 21.2 Å². The molecule has 0 fully saturated rings. The van der Waals surface area contributed by atoms with Gasteiger partial charge in [0.1, 0.15) is 12.4 Å². The quantitative estimate of drug-likeness (QED) is 0.622. The molecule has 3 aromatic carbocycles. The fourth-order valence-corrected chi connectivity index (χ4v) is 5.26. The molecule has 0 aliphatic carbocycles. The number of benzene rings is 3. The Hall–Kier alpha value is -3.19. The fourth-order valence-electron chi connectivity index (χ4n) is 3.82. The van der Waals surface area contributed by atoms with Crippen LogP contribution in [0.2, 0.25) is 0 Å². The topological polar surface area (TPSA) is 57.7 Å². The van der Waals surface area contributed by atoms with Crippen molar-refractivity contribution in [1.82, 2.24) is 0 Å². The molecule has 1 atom stereocenters. The minimum atomic E-state index is -4.15. The van der Waals surface area contributed by atoms with E-state index in [0.717, 1.165) is 15.6 Å². The Morgan fingerprint density at radius 3 is 2.37 bits per heavy atom. The second-order valence-corrected chi connectivity index (χ2v) is 9.08. The van der Waals surface area contributed by atoms with Crippen molar-refractivity contribution in [2.75, 3.05) is 15.7 Å². The number of fused-ring (bicyclic) bond motifs is 1. The first-order valence-corrected chi connectivity index (χ1v) is 11.1. The van der Waals surface area contributed by atoms with Gasteiger partial charge in [-0.2, -0.15) is 0 Å². The van der Waals surface area contributed by atoms with Crippen molar-refractivity contribution in [3.05, 3.63) is 90.2 Å². The Kier molecular flexibility index (Phi) is 5.30. The maximum absolute atomic E-state index is 14.6. The number of halogens is 1. The van der Waals surface area contributed by atoms with Crippen LogP contribution in [0, 0.1) is 5.82 Å². The first-order chi connectivity index (χ1) is 14.4. The number of carbonyl (C=O) groups excluding carboxylic acids is 1. The van der Waals surface area contributed by atoms with E-state index in [1.165, 1.54) is 30.3 Å². The van der Waals surface area contributed by atoms with Gasteiger partial charge in [-0.25, -0.2) is 12.8 Å². The summed E-state index contributed by atoms with van der Waals surface area (Å²) in [4.78, 5) is 14.9. The van der Waals surface area contributed by atoms with Gasteiger partial charge in [0.05, 0.1) is 10.6 Å². The molecule has 1 amide bonds. The van der Waals surface area contributed by atoms with Gasteiger partial charge in [-0.15, -0.1) is 0 Å². The number of carbonyl (C=O) groups is 1. The lowest BCUT2D eigenvalue weighted by molar-refractivity contribution is -0.117. The highest BCUT2D eigenvalue weighted by Crippen LogP contribution is 2.33. The Balaban J connectivity index is 1.75. The molecule has 3 aromatic rings. The molecule has 0 N–H and O–H groups in total. The summed E-state index contributed by atoms with van der Waals surface area (Å²) in [6, 6.07) is 20.7. The third-order valence-electron chi connectivity index (χ3n) is 5.21. The van der Waals surface area contributed by atoms with Gasteiger partial charge in [0.25, 0.3) is 10.0 Å². The lowest BCUT2D eigenvalue weighted by atomic mass is 10.1. The molecule has 7 heteroatoms. The van der Waals surface area contributed by atoms with Crippen molar-refractivity contribution in [2.24, 2.45) is 0 Å². The summed E-state index contributed by atoms with van der Waals surface area (Å²) >= 11 is 0. The summed E-state index contributed by atoms with van der Waals surface area (Å²) in [5.41, 5.74) is 1.64. The van der Waals surface area contributed by atoms with Crippen LogP contribution in [0.4, 0.5) is 15.8 Å².